The molecule has 0 aliphatic heterocycles. The van der Waals surface area contributed by atoms with Gasteiger partial charge in [0, 0.05) is 16.2 Å². The molecule has 0 aromatic carbocycles. The molecule has 0 saturated carbocycles. The van der Waals surface area contributed by atoms with Gasteiger partial charge in [0.2, 0.25) is 12.4 Å². The predicted octanol–water partition coefficient (Wildman–Crippen LogP) is 0.0877. The molecule has 0 aliphatic rings. The molecule has 2 heterocycles. The minimum Gasteiger partial charge on any atom is -0.285 e. The molecule has 0 radical (unpaired) electrons. The van der Waals surface area contributed by atoms with E-state index in [-0.39, 0.29) is 0 Å². The Bertz CT molecular complexity index is 355. The molecule has 2 aromatic rings. The Labute approximate surface area is 56.7 Å². The molecule has 2 aromatic heterocycles. The number of aromatic amines is 1. The second-order valence-electron chi connectivity index (χ2n) is 2.06. The number of nitrogens with zero attached hydrogens (tertiary/aromatic N) is 2. The van der Waals surface area contributed by atoms with Crippen LogP contribution in [-0.4, -0.2) is 15.4 Å². The van der Waals surface area contributed by atoms with Crippen LogP contribution in [0.5, 0.6) is 0 Å². The normalized spacial score (nSPS) is 10.4. The maximum atomic E-state index is 8.92. The lowest BCUT2D eigenvalue weighted by Gasteiger charge is -1.81. The van der Waals surface area contributed by atoms with Crippen LogP contribution >= 0.6 is 0 Å². The maximum absolute atomic E-state index is 8.92. The van der Waals surface area contributed by atoms with E-state index in [0.717, 1.165) is 15.6 Å². The third-order valence-corrected chi connectivity index (χ3v) is 1.37. The van der Waals surface area contributed by atoms with Crippen LogP contribution in [-0.2, 0) is 0 Å². The Morgan fingerprint density at radius 3 is 3.40 bits per heavy atom. The number of pyridine rings is 1. The van der Waals surface area contributed by atoms with Gasteiger partial charge in [-0.15, -0.1) is 0 Å². The third kappa shape index (κ3) is 0.621. The first kappa shape index (κ1) is 5.22. The van der Waals surface area contributed by atoms with Gasteiger partial charge in [0.05, 0.1) is 6.20 Å². The van der Waals surface area contributed by atoms with Gasteiger partial charge in [-0.3, -0.25) is 10.3 Å². The number of aromatic nitrogens is 3. The SMILES string of the molecule is O[n+]1ccc2cn[nH]c2c1. The molecule has 0 saturated heterocycles. The van der Waals surface area contributed by atoms with Crippen molar-refractivity contribution < 1.29 is 9.94 Å². The lowest BCUT2D eigenvalue weighted by molar-refractivity contribution is -0.904. The van der Waals surface area contributed by atoms with Crippen LogP contribution in [0.2, 0.25) is 0 Å². The predicted molar refractivity (Wildman–Crippen MR) is 33.5 cm³/mol. The van der Waals surface area contributed by atoms with Crippen LogP contribution in [0.25, 0.3) is 10.9 Å². The molecule has 4 nitrogen and oxygen atoms in total. The lowest BCUT2D eigenvalue weighted by Crippen LogP contribution is -2.27. The van der Waals surface area contributed by atoms with Crippen LogP contribution in [0.3, 0.4) is 0 Å². The van der Waals surface area contributed by atoms with E-state index in [4.69, 9.17) is 5.21 Å². The second-order valence-corrected chi connectivity index (χ2v) is 2.06. The van der Waals surface area contributed by atoms with Gasteiger partial charge in [0.1, 0.15) is 5.52 Å². The van der Waals surface area contributed by atoms with Crippen molar-refractivity contribution in [2.75, 3.05) is 0 Å². The van der Waals surface area contributed by atoms with Crippen LogP contribution in [0, 0.1) is 0 Å². The zero-order valence-corrected chi connectivity index (χ0v) is 5.15. The van der Waals surface area contributed by atoms with Crippen molar-refractivity contribution in [1.29, 1.82) is 0 Å². The van der Waals surface area contributed by atoms with Gasteiger partial charge in [0.15, 0.2) is 0 Å². The highest BCUT2D eigenvalue weighted by Crippen LogP contribution is 2.03. The summed E-state index contributed by atoms with van der Waals surface area (Å²) in [5.41, 5.74) is 0.824. The van der Waals surface area contributed by atoms with Crippen LogP contribution in [0.1, 0.15) is 0 Å². The molecular weight excluding hydrogens is 130 g/mol. The summed E-state index contributed by atoms with van der Waals surface area (Å²) in [6.45, 7) is 0. The minimum absolute atomic E-state index is 0.824. The van der Waals surface area contributed by atoms with Gasteiger partial charge in [-0.2, -0.15) is 5.10 Å². The number of rotatable bonds is 0. The largest absolute Gasteiger partial charge is 0.285 e. The first-order valence-electron chi connectivity index (χ1n) is 2.90. The number of hydrogen-bond acceptors (Lipinski definition) is 2. The van der Waals surface area contributed by atoms with Crippen molar-refractivity contribution in [2.24, 2.45) is 0 Å². The Balaban J connectivity index is 2.86. The average molecular weight is 136 g/mol. The summed E-state index contributed by atoms with van der Waals surface area (Å²) < 4.78 is 0.987. The van der Waals surface area contributed by atoms with Gasteiger partial charge in [-0.1, -0.05) is 0 Å². The summed E-state index contributed by atoms with van der Waals surface area (Å²) in [4.78, 5) is 0. The van der Waals surface area contributed by atoms with Gasteiger partial charge in [-0.05, 0) is 0 Å². The van der Waals surface area contributed by atoms with Crippen molar-refractivity contribution in [1.82, 2.24) is 10.2 Å². The van der Waals surface area contributed by atoms with Crippen molar-refractivity contribution in [2.45, 2.75) is 0 Å². The summed E-state index contributed by atoms with van der Waals surface area (Å²) in [7, 11) is 0. The van der Waals surface area contributed by atoms with E-state index < -0.39 is 0 Å². The summed E-state index contributed by atoms with van der Waals surface area (Å²) in [5.74, 6) is 0. The molecule has 10 heavy (non-hydrogen) atoms. The summed E-state index contributed by atoms with van der Waals surface area (Å²) in [6, 6.07) is 1.78. The monoisotopic (exact) mass is 136 g/mol. The van der Waals surface area contributed by atoms with Gasteiger partial charge in [-0.25, -0.2) is 0 Å². The Morgan fingerprint density at radius 2 is 2.50 bits per heavy atom. The first-order chi connectivity index (χ1) is 4.86. The van der Waals surface area contributed by atoms with E-state index in [1.807, 2.05) is 0 Å². The van der Waals surface area contributed by atoms with E-state index in [2.05, 4.69) is 10.2 Å². The quantitative estimate of drug-likeness (QED) is 0.398. The Kier molecular flexibility index (Phi) is 0.887. The Hall–Kier alpha value is -1.58. The fourth-order valence-corrected chi connectivity index (χ4v) is 0.874. The van der Waals surface area contributed by atoms with Crippen LogP contribution in [0.4, 0.5) is 0 Å². The number of fused-ring (bicyclic) bond motifs is 1. The molecule has 4 heteroatoms. The molecule has 2 N–H and O–H groups in total. The highest BCUT2D eigenvalue weighted by atomic mass is 16.5. The molecule has 0 bridgehead atoms. The number of H-pyrrole nitrogens is 1. The molecule has 2 rings (SSSR count). The standard InChI is InChI=1S/C6H5N3O/c10-9-2-1-5-3-7-8-6(5)4-9/h1-4,10H/p+1. The van der Waals surface area contributed by atoms with Crippen LogP contribution < -0.4 is 4.73 Å². The molecule has 0 atom stereocenters. The van der Waals surface area contributed by atoms with Crippen LogP contribution in [0.15, 0.2) is 24.7 Å². The molecule has 0 unspecified atom stereocenters. The zero-order chi connectivity index (χ0) is 6.97. The first-order valence-corrected chi connectivity index (χ1v) is 2.90. The van der Waals surface area contributed by atoms with Gasteiger partial charge < -0.3 is 0 Å². The average Bonchev–Trinajstić information content (AvgIpc) is 2.33. The molecule has 50 valence electrons. The van der Waals surface area contributed by atoms with Crippen molar-refractivity contribution in [3.05, 3.63) is 24.7 Å². The fourth-order valence-electron chi connectivity index (χ4n) is 0.874. The fraction of sp³-hybridized carbons (Fsp3) is 0. The van der Waals surface area contributed by atoms with Gasteiger partial charge >= 0.3 is 0 Å². The molecular formula is C6H6N3O+. The Morgan fingerprint density at radius 1 is 1.60 bits per heavy atom. The number of nitrogens with one attached hydrogen (secondary N) is 1. The highest BCUT2D eigenvalue weighted by Gasteiger charge is 2.00. The lowest BCUT2D eigenvalue weighted by atomic mass is 10.3. The third-order valence-electron chi connectivity index (χ3n) is 1.37. The van der Waals surface area contributed by atoms with E-state index in [1.165, 1.54) is 0 Å². The van der Waals surface area contributed by atoms with Gasteiger partial charge in [0.25, 0.3) is 0 Å². The summed E-state index contributed by atoms with van der Waals surface area (Å²) in [5, 5.41) is 16.4. The zero-order valence-electron chi connectivity index (χ0n) is 5.15. The summed E-state index contributed by atoms with van der Waals surface area (Å²) in [6.07, 6.45) is 4.82. The molecule has 0 amide bonds. The summed E-state index contributed by atoms with van der Waals surface area (Å²) >= 11 is 0. The molecule has 0 aliphatic carbocycles. The van der Waals surface area contributed by atoms with E-state index in [1.54, 1.807) is 24.7 Å². The topological polar surface area (TPSA) is 52.8 Å². The highest BCUT2D eigenvalue weighted by molar-refractivity contribution is 5.75. The van der Waals surface area contributed by atoms with Crippen molar-refractivity contribution in [3.8, 4) is 0 Å². The molecule has 0 spiro atoms. The molecule has 0 fully saturated rings. The van der Waals surface area contributed by atoms with E-state index in [9.17, 15) is 0 Å². The smallest absolute Gasteiger partial charge is 0.247 e. The number of hydrogen-bond donors (Lipinski definition) is 2. The van der Waals surface area contributed by atoms with E-state index >= 15 is 0 Å². The minimum atomic E-state index is 0.824. The van der Waals surface area contributed by atoms with Crippen molar-refractivity contribution in [3.63, 3.8) is 0 Å². The second kappa shape index (κ2) is 1.70. The van der Waals surface area contributed by atoms with E-state index in [0.29, 0.717) is 0 Å². The van der Waals surface area contributed by atoms with Crippen molar-refractivity contribution >= 4 is 10.9 Å². The maximum Gasteiger partial charge on any atom is 0.247 e.